The molecule has 1 unspecified atom stereocenters. The van der Waals surface area contributed by atoms with Gasteiger partial charge in [-0.2, -0.15) is 13.2 Å². The Labute approximate surface area is 157 Å². The molecular formula is C19H25F3N2O3. The lowest BCUT2D eigenvalue weighted by molar-refractivity contribution is -0.143. The zero-order chi connectivity index (χ0) is 20.2. The van der Waals surface area contributed by atoms with E-state index in [-0.39, 0.29) is 17.6 Å². The average molecular weight is 386 g/mol. The molecule has 1 fully saturated rings. The standard InChI is InChI=1S/C19H25F3N2O3/c1-12(2)10-16(14-7-9-24(11-14)18(25)26-13(3)4)27-15-6-5-8-23-17(15)19(20,21)22/h5-6,8,12,14,16H,3,7,9-11H2,1-2,4H3/t14-,16?/m0/s1. The van der Waals surface area contributed by atoms with Crippen LogP contribution in [-0.4, -0.2) is 35.2 Å². The molecule has 0 bridgehead atoms. The summed E-state index contributed by atoms with van der Waals surface area (Å²) in [4.78, 5) is 17.0. The summed E-state index contributed by atoms with van der Waals surface area (Å²) in [6.07, 6.45) is -3.25. The van der Waals surface area contributed by atoms with Crippen molar-refractivity contribution in [2.75, 3.05) is 13.1 Å². The van der Waals surface area contributed by atoms with Crippen LogP contribution in [-0.2, 0) is 10.9 Å². The zero-order valence-electron chi connectivity index (χ0n) is 15.8. The van der Waals surface area contributed by atoms with E-state index in [1.807, 2.05) is 13.8 Å². The van der Waals surface area contributed by atoms with Gasteiger partial charge in [0.05, 0.1) is 5.76 Å². The molecule has 1 amide bonds. The van der Waals surface area contributed by atoms with Crippen molar-refractivity contribution in [3.8, 4) is 5.75 Å². The summed E-state index contributed by atoms with van der Waals surface area (Å²) in [5.74, 6) is 0.144. The Bertz CT molecular complexity index is 676. The van der Waals surface area contributed by atoms with E-state index in [0.717, 1.165) is 6.20 Å². The lowest BCUT2D eigenvalue weighted by Crippen LogP contribution is -2.34. The van der Waals surface area contributed by atoms with Gasteiger partial charge in [0, 0.05) is 25.2 Å². The second-order valence-corrected chi connectivity index (χ2v) is 7.20. The molecule has 0 aromatic carbocycles. The summed E-state index contributed by atoms with van der Waals surface area (Å²) >= 11 is 0. The Morgan fingerprint density at radius 3 is 2.74 bits per heavy atom. The highest BCUT2D eigenvalue weighted by atomic mass is 19.4. The number of hydrogen-bond acceptors (Lipinski definition) is 4. The van der Waals surface area contributed by atoms with E-state index in [0.29, 0.717) is 31.7 Å². The van der Waals surface area contributed by atoms with Crippen molar-refractivity contribution in [3.63, 3.8) is 0 Å². The van der Waals surface area contributed by atoms with Gasteiger partial charge in [-0.25, -0.2) is 9.78 Å². The normalized spacial score (nSPS) is 18.5. The monoisotopic (exact) mass is 386 g/mol. The number of nitrogens with zero attached hydrogens (tertiary/aromatic N) is 2. The molecule has 150 valence electrons. The van der Waals surface area contributed by atoms with Crippen LogP contribution < -0.4 is 4.74 Å². The molecule has 27 heavy (non-hydrogen) atoms. The molecule has 2 heterocycles. The molecule has 0 spiro atoms. The summed E-state index contributed by atoms with van der Waals surface area (Å²) in [5.41, 5.74) is -1.03. The SMILES string of the molecule is C=C(C)OC(=O)N1CC[C@H](C(CC(C)C)Oc2cccnc2C(F)(F)F)C1. The zero-order valence-corrected chi connectivity index (χ0v) is 15.8. The fourth-order valence-corrected chi connectivity index (χ4v) is 3.13. The average Bonchev–Trinajstić information content (AvgIpc) is 3.02. The second kappa shape index (κ2) is 8.63. The van der Waals surface area contributed by atoms with Crippen molar-refractivity contribution >= 4 is 6.09 Å². The van der Waals surface area contributed by atoms with Crippen molar-refractivity contribution in [3.05, 3.63) is 36.4 Å². The third kappa shape index (κ3) is 5.87. The molecule has 5 nitrogen and oxygen atoms in total. The molecule has 1 aromatic heterocycles. The Kier molecular flexibility index (Phi) is 6.73. The molecule has 1 aromatic rings. The maximum absolute atomic E-state index is 13.2. The van der Waals surface area contributed by atoms with E-state index in [1.54, 1.807) is 6.92 Å². The number of alkyl halides is 3. The van der Waals surface area contributed by atoms with E-state index < -0.39 is 24.1 Å². The molecule has 0 radical (unpaired) electrons. The number of aromatic nitrogens is 1. The number of allylic oxidation sites excluding steroid dienone is 1. The van der Waals surface area contributed by atoms with E-state index in [2.05, 4.69) is 11.6 Å². The fraction of sp³-hybridized carbons (Fsp3) is 0.579. The number of carbonyl (C=O) groups excluding carboxylic acids is 1. The number of rotatable bonds is 6. The lowest BCUT2D eigenvalue weighted by atomic mass is 9.93. The van der Waals surface area contributed by atoms with Gasteiger partial charge in [-0.05, 0) is 37.8 Å². The number of hydrogen-bond donors (Lipinski definition) is 0. The van der Waals surface area contributed by atoms with Gasteiger partial charge in [0.15, 0.2) is 11.4 Å². The maximum Gasteiger partial charge on any atom is 0.437 e. The molecule has 8 heteroatoms. The molecule has 0 saturated carbocycles. The highest BCUT2D eigenvalue weighted by Gasteiger charge is 2.39. The van der Waals surface area contributed by atoms with Crippen LogP contribution in [0.5, 0.6) is 5.75 Å². The van der Waals surface area contributed by atoms with Crippen molar-refractivity contribution in [2.24, 2.45) is 11.8 Å². The van der Waals surface area contributed by atoms with Crippen LogP contribution in [0, 0.1) is 11.8 Å². The van der Waals surface area contributed by atoms with Gasteiger partial charge >= 0.3 is 12.3 Å². The third-order valence-electron chi connectivity index (χ3n) is 4.29. The van der Waals surface area contributed by atoms with Crippen molar-refractivity contribution < 1.29 is 27.4 Å². The van der Waals surface area contributed by atoms with Crippen LogP contribution in [0.15, 0.2) is 30.7 Å². The lowest BCUT2D eigenvalue weighted by Gasteiger charge is -2.27. The van der Waals surface area contributed by atoms with Gasteiger partial charge < -0.3 is 14.4 Å². The summed E-state index contributed by atoms with van der Waals surface area (Å²) in [7, 11) is 0. The first-order chi connectivity index (χ1) is 12.6. The fourth-order valence-electron chi connectivity index (χ4n) is 3.13. The number of likely N-dealkylation sites (tertiary alicyclic amines) is 1. The number of amides is 1. The van der Waals surface area contributed by atoms with E-state index in [9.17, 15) is 18.0 Å². The Hall–Kier alpha value is -2.25. The molecule has 1 aliphatic heterocycles. The van der Waals surface area contributed by atoms with Crippen LogP contribution in [0.1, 0.15) is 39.3 Å². The second-order valence-electron chi connectivity index (χ2n) is 7.20. The van der Waals surface area contributed by atoms with Gasteiger partial charge in [-0.15, -0.1) is 0 Å². The minimum absolute atomic E-state index is 0.0913. The van der Waals surface area contributed by atoms with Crippen LogP contribution in [0.25, 0.3) is 0 Å². The molecule has 2 atom stereocenters. The van der Waals surface area contributed by atoms with Gasteiger partial charge in [-0.1, -0.05) is 20.4 Å². The Morgan fingerprint density at radius 2 is 2.15 bits per heavy atom. The van der Waals surface area contributed by atoms with Gasteiger partial charge in [0.25, 0.3) is 0 Å². The predicted molar refractivity (Wildman–Crippen MR) is 94.1 cm³/mol. The van der Waals surface area contributed by atoms with E-state index >= 15 is 0 Å². The van der Waals surface area contributed by atoms with Crippen LogP contribution in [0.3, 0.4) is 0 Å². The minimum Gasteiger partial charge on any atom is -0.488 e. The summed E-state index contributed by atoms with van der Waals surface area (Å²) < 4.78 is 50.4. The molecule has 1 saturated heterocycles. The molecule has 0 aliphatic carbocycles. The van der Waals surface area contributed by atoms with Crippen LogP contribution in [0.4, 0.5) is 18.0 Å². The number of halogens is 3. The Balaban J connectivity index is 2.16. The van der Waals surface area contributed by atoms with Crippen molar-refractivity contribution in [1.29, 1.82) is 0 Å². The van der Waals surface area contributed by atoms with Crippen molar-refractivity contribution in [1.82, 2.24) is 9.88 Å². The van der Waals surface area contributed by atoms with Gasteiger partial charge in [-0.3, -0.25) is 0 Å². The maximum atomic E-state index is 13.2. The number of carbonyl (C=O) groups is 1. The molecule has 2 rings (SSSR count). The Morgan fingerprint density at radius 1 is 1.44 bits per heavy atom. The molecular weight excluding hydrogens is 361 g/mol. The van der Waals surface area contributed by atoms with E-state index in [4.69, 9.17) is 9.47 Å². The number of pyridine rings is 1. The summed E-state index contributed by atoms with van der Waals surface area (Å²) in [6, 6.07) is 2.70. The summed E-state index contributed by atoms with van der Waals surface area (Å²) in [6.45, 7) is 9.91. The quantitative estimate of drug-likeness (QED) is 0.654. The topological polar surface area (TPSA) is 51.7 Å². The molecule has 1 aliphatic rings. The summed E-state index contributed by atoms with van der Waals surface area (Å²) in [5, 5.41) is 0. The van der Waals surface area contributed by atoms with Gasteiger partial charge in [0.2, 0.25) is 0 Å². The first-order valence-corrected chi connectivity index (χ1v) is 8.89. The first-order valence-electron chi connectivity index (χ1n) is 8.89. The predicted octanol–water partition coefficient (Wildman–Crippen LogP) is 4.89. The van der Waals surface area contributed by atoms with Gasteiger partial charge in [0.1, 0.15) is 6.10 Å². The third-order valence-corrected chi connectivity index (χ3v) is 4.29. The highest BCUT2D eigenvalue weighted by molar-refractivity contribution is 5.69. The minimum atomic E-state index is -4.59. The largest absolute Gasteiger partial charge is 0.488 e. The van der Waals surface area contributed by atoms with Crippen LogP contribution >= 0.6 is 0 Å². The van der Waals surface area contributed by atoms with E-state index in [1.165, 1.54) is 17.0 Å². The smallest absolute Gasteiger partial charge is 0.437 e. The van der Waals surface area contributed by atoms with Crippen LogP contribution in [0.2, 0.25) is 0 Å². The number of ether oxygens (including phenoxy) is 2. The van der Waals surface area contributed by atoms with Crippen molar-refractivity contribution in [2.45, 2.75) is 45.9 Å². The highest BCUT2D eigenvalue weighted by Crippen LogP contribution is 2.36. The first kappa shape index (κ1) is 21.1. The molecule has 0 N–H and O–H groups in total.